The van der Waals surface area contributed by atoms with E-state index in [0.717, 1.165) is 11.8 Å². The number of thioether (sulfide) groups is 1. The van der Waals surface area contributed by atoms with Gasteiger partial charge in [-0.05, 0) is 25.0 Å². The summed E-state index contributed by atoms with van der Waals surface area (Å²) in [7, 11) is 0. The van der Waals surface area contributed by atoms with Crippen LogP contribution in [0.1, 0.15) is 20.8 Å². The zero-order valence-electron chi connectivity index (χ0n) is 13.4. The fourth-order valence-electron chi connectivity index (χ4n) is 1.78. The summed E-state index contributed by atoms with van der Waals surface area (Å²) >= 11 is 1.16. The number of nitrogens with one attached hydrogen (secondary N) is 2. The molecule has 3 N–H and O–H groups in total. The van der Waals surface area contributed by atoms with Crippen LogP contribution in [0.4, 0.5) is 5.69 Å². The fraction of sp³-hybridized carbons (Fsp3) is 0.438. The van der Waals surface area contributed by atoms with E-state index in [1.165, 1.54) is 0 Å². The first-order chi connectivity index (χ1) is 10.8. The first-order valence-electron chi connectivity index (χ1n) is 7.31. The van der Waals surface area contributed by atoms with E-state index in [9.17, 15) is 14.4 Å². The number of carbonyl (C=O) groups is 3. The molecular formula is C16H22N2O4S. The highest BCUT2D eigenvalue weighted by molar-refractivity contribution is 8.01. The molecule has 0 fully saturated rings. The monoisotopic (exact) mass is 338 g/mol. The number of aliphatic carboxylic acids is 1. The van der Waals surface area contributed by atoms with Gasteiger partial charge in [-0.15, -0.1) is 11.8 Å². The van der Waals surface area contributed by atoms with E-state index in [2.05, 4.69) is 10.6 Å². The molecule has 0 saturated carbocycles. The number of carboxylic acid groups (broad SMARTS) is 1. The normalized spacial score (nSPS) is 13.2. The van der Waals surface area contributed by atoms with Gasteiger partial charge in [-0.3, -0.25) is 9.59 Å². The van der Waals surface area contributed by atoms with Gasteiger partial charge < -0.3 is 15.7 Å². The number of carbonyl (C=O) groups excluding carboxylic acids is 2. The Morgan fingerprint density at radius 3 is 2.26 bits per heavy atom. The van der Waals surface area contributed by atoms with Crippen molar-refractivity contribution >= 4 is 35.2 Å². The average Bonchev–Trinajstić information content (AvgIpc) is 2.50. The van der Waals surface area contributed by atoms with Crippen molar-refractivity contribution in [1.29, 1.82) is 0 Å². The van der Waals surface area contributed by atoms with Crippen LogP contribution in [0.5, 0.6) is 0 Å². The topological polar surface area (TPSA) is 95.5 Å². The number of hydrogen-bond acceptors (Lipinski definition) is 4. The second-order valence-corrected chi connectivity index (χ2v) is 6.77. The van der Waals surface area contributed by atoms with Crippen molar-refractivity contribution in [3.05, 3.63) is 30.3 Å². The molecule has 2 unspecified atom stereocenters. The summed E-state index contributed by atoms with van der Waals surface area (Å²) in [6.07, 6.45) is 0. The number of amides is 2. The van der Waals surface area contributed by atoms with Crippen molar-refractivity contribution < 1.29 is 19.5 Å². The summed E-state index contributed by atoms with van der Waals surface area (Å²) in [5.74, 6) is -1.76. The molecular weight excluding hydrogens is 316 g/mol. The zero-order chi connectivity index (χ0) is 17.4. The van der Waals surface area contributed by atoms with Crippen LogP contribution in [0, 0.1) is 5.92 Å². The Kier molecular flexibility index (Phi) is 7.61. The van der Waals surface area contributed by atoms with Crippen molar-refractivity contribution in [2.45, 2.75) is 32.1 Å². The van der Waals surface area contributed by atoms with Gasteiger partial charge in [0.1, 0.15) is 6.04 Å². The minimum atomic E-state index is -1.06. The van der Waals surface area contributed by atoms with Gasteiger partial charge in [-0.25, -0.2) is 4.79 Å². The third-order valence-electron chi connectivity index (χ3n) is 3.12. The maximum atomic E-state index is 12.0. The van der Waals surface area contributed by atoms with Crippen molar-refractivity contribution in [3.8, 4) is 0 Å². The smallest absolute Gasteiger partial charge is 0.326 e. The number of benzene rings is 1. The lowest BCUT2D eigenvalue weighted by Crippen LogP contribution is -2.47. The van der Waals surface area contributed by atoms with E-state index in [-0.39, 0.29) is 23.5 Å². The third kappa shape index (κ3) is 6.73. The van der Waals surface area contributed by atoms with E-state index >= 15 is 0 Å². The Morgan fingerprint density at radius 1 is 1.13 bits per heavy atom. The van der Waals surface area contributed by atoms with Crippen LogP contribution in [-0.4, -0.2) is 39.9 Å². The van der Waals surface area contributed by atoms with Gasteiger partial charge in [0.25, 0.3) is 0 Å². The van der Waals surface area contributed by atoms with Crippen LogP contribution in [0.2, 0.25) is 0 Å². The van der Waals surface area contributed by atoms with E-state index in [1.54, 1.807) is 32.9 Å². The highest BCUT2D eigenvalue weighted by atomic mass is 32.2. The first-order valence-corrected chi connectivity index (χ1v) is 8.35. The minimum absolute atomic E-state index is 0.114. The summed E-state index contributed by atoms with van der Waals surface area (Å²) in [4.78, 5) is 34.9. The van der Waals surface area contributed by atoms with Crippen LogP contribution in [0.25, 0.3) is 0 Å². The van der Waals surface area contributed by atoms with Crippen LogP contribution in [-0.2, 0) is 14.4 Å². The molecule has 126 valence electrons. The molecule has 23 heavy (non-hydrogen) atoms. The summed E-state index contributed by atoms with van der Waals surface area (Å²) in [5.41, 5.74) is 0.695. The zero-order valence-corrected chi connectivity index (χ0v) is 14.2. The minimum Gasteiger partial charge on any atom is -0.480 e. The average molecular weight is 338 g/mol. The molecule has 0 aliphatic rings. The summed E-state index contributed by atoms with van der Waals surface area (Å²) in [5, 5.41) is 13.8. The van der Waals surface area contributed by atoms with Gasteiger partial charge in [0, 0.05) is 5.69 Å². The van der Waals surface area contributed by atoms with Crippen LogP contribution in [0.15, 0.2) is 30.3 Å². The molecule has 1 aromatic rings. The van der Waals surface area contributed by atoms with Crippen molar-refractivity contribution in [2.75, 3.05) is 11.1 Å². The molecule has 0 aliphatic carbocycles. The maximum Gasteiger partial charge on any atom is 0.326 e. The number of rotatable bonds is 8. The summed E-state index contributed by atoms with van der Waals surface area (Å²) in [6.45, 7) is 5.10. The van der Waals surface area contributed by atoms with Crippen molar-refractivity contribution in [3.63, 3.8) is 0 Å². The van der Waals surface area contributed by atoms with Gasteiger partial charge in [0.2, 0.25) is 11.8 Å². The molecule has 1 aromatic carbocycles. The molecule has 0 saturated heterocycles. The Balaban J connectivity index is 2.43. The third-order valence-corrected chi connectivity index (χ3v) is 4.26. The molecule has 0 spiro atoms. The predicted octanol–water partition coefficient (Wildman–Crippen LogP) is 1.97. The maximum absolute atomic E-state index is 12.0. The second-order valence-electron chi connectivity index (χ2n) is 5.44. The lowest BCUT2D eigenvalue weighted by atomic mass is 10.0. The highest BCUT2D eigenvalue weighted by Gasteiger charge is 2.26. The Labute approximate surface area is 140 Å². The van der Waals surface area contributed by atoms with Gasteiger partial charge in [-0.2, -0.15) is 0 Å². The molecule has 1 rings (SSSR count). The van der Waals surface area contributed by atoms with Gasteiger partial charge in [-0.1, -0.05) is 32.0 Å². The Bertz CT molecular complexity index is 548. The molecule has 2 atom stereocenters. The van der Waals surface area contributed by atoms with E-state index in [4.69, 9.17) is 5.11 Å². The van der Waals surface area contributed by atoms with E-state index in [1.807, 2.05) is 18.2 Å². The summed E-state index contributed by atoms with van der Waals surface area (Å²) in [6, 6.07) is 8.11. The fourth-order valence-corrected chi connectivity index (χ4v) is 2.47. The van der Waals surface area contributed by atoms with Gasteiger partial charge in [0.05, 0.1) is 11.0 Å². The lowest BCUT2D eigenvalue weighted by Gasteiger charge is -2.20. The van der Waals surface area contributed by atoms with Crippen molar-refractivity contribution in [2.24, 2.45) is 5.92 Å². The van der Waals surface area contributed by atoms with E-state index < -0.39 is 17.3 Å². The number of para-hydroxylation sites is 1. The number of carboxylic acids is 1. The van der Waals surface area contributed by atoms with Crippen LogP contribution < -0.4 is 10.6 Å². The summed E-state index contributed by atoms with van der Waals surface area (Å²) < 4.78 is 0. The molecule has 2 amide bonds. The largest absolute Gasteiger partial charge is 0.480 e. The molecule has 0 heterocycles. The lowest BCUT2D eigenvalue weighted by molar-refractivity contribution is -0.143. The second kappa shape index (κ2) is 9.19. The first kappa shape index (κ1) is 19.0. The quantitative estimate of drug-likeness (QED) is 0.673. The van der Waals surface area contributed by atoms with E-state index in [0.29, 0.717) is 5.69 Å². The highest BCUT2D eigenvalue weighted by Crippen LogP contribution is 2.13. The molecule has 0 aromatic heterocycles. The van der Waals surface area contributed by atoms with Crippen LogP contribution in [0.3, 0.4) is 0 Å². The van der Waals surface area contributed by atoms with Crippen LogP contribution >= 0.6 is 11.8 Å². The Morgan fingerprint density at radius 2 is 1.74 bits per heavy atom. The predicted molar refractivity (Wildman–Crippen MR) is 91.4 cm³/mol. The standard InChI is InChI=1S/C16H22N2O4S/c1-10(2)14(16(21)22)18-15(20)11(3)23-9-13(19)17-12-7-5-4-6-8-12/h4-8,10-11,14H,9H2,1-3H3,(H,17,19)(H,18,20)(H,21,22). The number of anilines is 1. The molecule has 0 aliphatic heterocycles. The molecule has 0 bridgehead atoms. The molecule has 7 heteroatoms. The van der Waals surface area contributed by atoms with Gasteiger partial charge >= 0.3 is 5.97 Å². The molecule has 6 nitrogen and oxygen atoms in total. The Hall–Kier alpha value is -2.02. The van der Waals surface area contributed by atoms with Gasteiger partial charge in [0.15, 0.2) is 0 Å². The molecule has 0 radical (unpaired) electrons. The van der Waals surface area contributed by atoms with Crippen molar-refractivity contribution in [1.82, 2.24) is 5.32 Å². The SMILES string of the molecule is CC(SCC(=O)Nc1ccccc1)C(=O)NC(C(=O)O)C(C)C. The number of hydrogen-bond donors (Lipinski definition) is 3.